The van der Waals surface area contributed by atoms with Gasteiger partial charge in [-0.15, -0.1) is 0 Å². The SMILES string of the molecule is CCN1C(=O)OCC1CC1=CCCN(C)C1. The molecule has 16 heavy (non-hydrogen) atoms. The Kier molecular flexibility index (Phi) is 3.49. The maximum atomic E-state index is 11.4. The number of nitrogens with zero attached hydrogens (tertiary/aromatic N) is 2. The van der Waals surface area contributed by atoms with Gasteiger partial charge >= 0.3 is 6.09 Å². The van der Waals surface area contributed by atoms with Gasteiger partial charge in [0.2, 0.25) is 0 Å². The number of carbonyl (C=O) groups excluding carboxylic acids is 1. The molecule has 0 aromatic carbocycles. The van der Waals surface area contributed by atoms with Crippen molar-refractivity contribution in [3.05, 3.63) is 11.6 Å². The summed E-state index contributed by atoms with van der Waals surface area (Å²) in [5, 5.41) is 0. The van der Waals surface area contributed by atoms with Crippen molar-refractivity contribution in [1.29, 1.82) is 0 Å². The highest BCUT2D eigenvalue weighted by Crippen LogP contribution is 2.21. The number of likely N-dealkylation sites (N-methyl/N-ethyl adjacent to an activating group) is 2. The topological polar surface area (TPSA) is 32.8 Å². The molecule has 0 aliphatic carbocycles. The standard InChI is InChI=1S/C12H20N2O2/c1-3-14-11(9-16-12(14)15)7-10-5-4-6-13(2)8-10/h5,11H,3-4,6-9H2,1-2H3. The average Bonchev–Trinajstić information content (AvgIpc) is 2.59. The van der Waals surface area contributed by atoms with Gasteiger partial charge in [0.15, 0.2) is 0 Å². The molecule has 4 heteroatoms. The van der Waals surface area contributed by atoms with E-state index in [0.717, 1.165) is 32.5 Å². The van der Waals surface area contributed by atoms with Crippen LogP contribution < -0.4 is 0 Å². The molecule has 90 valence electrons. The van der Waals surface area contributed by atoms with Crippen LogP contribution in [-0.2, 0) is 4.74 Å². The predicted molar refractivity (Wildman–Crippen MR) is 62.3 cm³/mol. The number of hydrogen-bond donors (Lipinski definition) is 0. The van der Waals surface area contributed by atoms with Crippen LogP contribution in [0, 0.1) is 0 Å². The largest absolute Gasteiger partial charge is 0.447 e. The molecule has 1 saturated heterocycles. The summed E-state index contributed by atoms with van der Waals surface area (Å²) >= 11 is 0. The van der Waals surface area contributed by atoms with Crippen molar-refractivity contribution in [2.45, 2.75) is 25.8 Å². The summed E-state index contributed by atoms with van der Waals surface area (Å²) in [6.07, 6.45) is 4.25. The molecule has 1 unspecified atom stereocenters. The van der Waals surface area contributed by atoms with Crippen LogP contribution in [-0.4, -0.2) is 55.2 Å². The van der Waals surface area contributed by atoms with Crippen LogP contribution in [0.4, 0.5) is 4.79 Å². The van der Waals surface area contributed by atoms with E-state index in [0.29, 0.717) is 6.61 Å². The van der Waals surface area contributed by atoms with Gasteiger partial charge in [-0.25, -0.2) is 4.79 Å². The third kappa shape index (κ3) is 2.38. The zero-order valence-corrected chi connectivity index (χ0v) is 10.1. The van der Waals surface area contributed by atoms with Crippen LogP contribution in [0.15, 0.2) is 11.6 Å². The molecule has 2 aliphatic rings. The van der Waals surface area contributed by atoms with E-state index in [9.17, 15) is 4.79 Å². The first-order chi connectivity index (χ1) is 7.70. The average molecular weight is 224 g/mol. The Labute approximate surface area is 96.8 Å². The Bertz CT molecular complexity index is 301. The van der Waals surface area contributed by atoms with E-state index in [4.69, 9.17) is 4.74 Å². The van der Waals surface area contributed by atoms with Crippen molar-refractivity contribution in [2.24, 2.45) is 0 Å². The van der Waals surface area contributed by atoms with Crippen molar-refractivity contribution in [1.82, 2.24) is 9.80 Å². The van der Waals surface area contributed by atoms with Crippen molar-refractivity contribution in [3.8, 4) is 0 Å². The first-order valence-electron chi connectivity index (χ1n) is 6.00. The van der Waals surface area contributed by atoms with Gasteiger partial charge in [-0.2, -0.15) is 0 Å². The summed E-state index contributed by atoms with van der Waals surface area (Å²) in [5.41, 5.74) is 1.44. The summed E-state index contributed by atoms with van der Waals surface area (Å²) in [7, 11) is 2.14. The van der Waals surface area contributed by atoms with Crippen LogP contribution in [0.5, 0.6) is 0 Å². The molecule has 0 spiro atoms. The number of hydrogen-bond acceptors (Lipinski definition) is 3. The van der Waals surface area contributed by atoms with Crippen molar-refractivity contribution >= 4 is 6.09 Å². The molecule has 0 radical (unpaired) electrons. The maximum absolute atomic E-state index is 11.4. The van der Waals surface area contributed by atoms with Crippen LogP contribution in [0.3, 0.4) is 0 Å². The van der Waals surface area contributed by atoms with E-state index >= 15 is 0 Å². The molecule has 1 atom stereocenters. The highest BCUT2D eigenvalue weighted by Gasteiger charge is 2.32. The molecule has 0 saturated carbocycles. The number of ether oxygens (including phenoxy) is 1. The lowest BCUT2D eigenvalue weighted by atomic mass is 10.0. The Morgan fingerprint density at radius 3 is 3.06 bits per heavy atom. The second-order valence-corrected chi connectivity index (χ2v) is 4.61. The van der Waals surface area contributed by atoms with E-state index in [1.54, 1.807) is 0 Å². The molecule has 2 heterocycles. The van der Waals surface area contributed by atoms with Crippen LogP contribution in [0.1, 0.15) is 19.8 Å². The fraction of sp³-hybridized carbons (Fsp3) is 0.750. The molecule has 0 aromatic rings. The molecule has 1 amide bonds. The first kappa shape index (κ1) is 11.5. The van der Waals surface area contributed by atoms with E-state index in [1.165, 1.54) is 5.57 Å². The van der Waals surface area contributed by atoms with Crippen molar-refractivity contribution in [2.75, 3.05) is 33.3 Å². The smallest absolute Gasteiger partial charge is 0.410 e. The van der Waals surface area contributed by atoms with Gasteiger partial charge in [-0.05, 0) is 26.8 Å². The molecule has 4 nitrogen and oxygen atoms in total. The van der Waals surface area contributed by atoms with E-state index in [-0.39, 0.29) is 12.1 Å². The monoisotopic (exact) mass is 224 g/mol. The molecule has 0 bridgehead atoms. The van der Waals surface area contributed by atoms with Gasteiger partial charge in [0.25, 0.3) is 0 Å². The second-order valence-electron chi connectivity index (χ2n) is 4.61. The summed E-state index contributed by atoms with van der Waals surface area (Å²) < 4.78 is 5.08. The number of amides is 1. The molecular formula is C12H20N2O2. The van der Waals surface area contributed by atoms with Crippen LogP contribution in [0.2, 0.25) is 0 Å². The fourth-order valence-electron chi connectivity index (χ4n) is 2.48. The molecule has 2 aliphatic heterocycles. The minimum Gasteiger partial charge on any atom is -0.447 e. The van der Waals surface area contributed by atoms with Gasteiger partial charge < -0.3 is 14.5 Å². The highest BCUT2D eigenvalue weighted by molar-refractivity contribution is 5.70. The zero-order chi connectivity index (χ0) is 11.5. The fourth-order valence-corrected chi connectivity index (χ4v) is 2.48. The minimum atomic E-state index is -0.155. The number of cyclic esters (lactones) is 1. The van der Waals surface area contributed by atoms with Crippen molar-refractivity contribution < 1.29 is 9.53 Å². The maximum Gasteiger partial charge on any atom is 0.410 e. The van der Waals surface area contributed by atoms with Gasteiger partial charge in [0, 0.05) is 19.6 Å². The van der Waals surface area contributed by atoms with Gasteiger partial charge in [0.1, 0.15) is 6.61 Å². The lowest BCUT2D eigenvalue weighted by molar-refractivity contribution is 0.159. The quantitative estimate of drug-likeness (QED) is 0.681. The minimum absolute atomic E-state index is 0.155. The third-order valence-electron chi connectivity index (χ3n) is 3.33. The summed E-state index contributed by atoms with van der Waals surface area (Å²) in [6.45, 7) is 5.46. The molecule has 2 rings (SSSR count). The van der Waals surface area contributed by atoms with Gasteiger partial charge in [-0.1, -0.05) is 11.6 Å². The third-order valence-corrected chi connectivity index (χ3v) is 3.33. The summed E-state index contributed by atoms with van der Waals surface area (Å²) in [4.78, 5) is 15.5. The van der Waals surface area contributed by atoms with Crippen molar-refractivity contribution in [3.63, 3.8) is 0 Å². The Morgan fingerprint density at radius 1 is 1.56 bits per heavy atom. The van der Waals surface area contributed by atoms with Gasteiger partial charge in [0.05, 0.1) is 6.04 Å². The lowest BCUT2D eigenvalue weighted by Gasteiger charge is -2.26. The van der Waals surface area contributed by atoms with E-state index < -0.39 is 0 Å². The summed E-state index contributed by atoms with van der Waals surface area (Å²) in [6, 6.07) is 0.246. The number of rotatable bonds is 3. The van der Waals surface area contributed by atoms with E-state index in [1.807, 2.05) is 11.8 Å². The Morgan fingerprint density at radius 2 is 2.38 bits per heavy atom. The van der Waals surface area contributed by atoms with Crippen LogP contribution >= 0.6 is 0 Å². The van der Waals surface area contributed by atoms with E-state index in [2.05, 4.69) is 18.0 Å². The molecular weight excluding hydrogens is 204 g/mol. The Balaban J connectivity index is 1.94. The molecule has 0 N–H and O–H groups in total. The first-order valence-corrected chi connectivity index (χ1v) is 6.00. The molecule has 1 fully saturated rings. The Hall–Kier alpha value is -1.03. The second kappa shape index (κ2) is 4.87. The predicted octanol–water partition coefficient (Wildman–Crippen LogP) is 1.48. The molecule has 0 aromatic heterocycles. The van der Waals surface area contributed by atoms with Gasteiger partial charge in [-0.3, -0.25) is 0 Å². The normalized spacial score (nSPS) is 26.9. The zero-order valence-electron chi connectivity index (χ0n) is 10.1. The lowest BCUT2D eigenvalue weighted by Crippen LogP contribution is -2.35. The highest BCUT2D eigenvalue weighted by atomic mass is 16.6. The summed E-state index contributed by atoms with van der Waals surface area (Å²) in [5.74, 6) is 0. The van der Waals surface area contributed by atoms with Crippen LogP contribution in [0.25, 0.3) is 0 Å². The number of carbonyl (C=O) groups is 1.